The van der Waals surface area contributed by atoms with Crippen LogP contribution in [0.15, 0.2) is 127 Å². The lowest BCUT2D eigenvalue weighted by Crippen LogP contribution is -2.67. The van der Waals surface area contributed by atoms with Crippen LogP contribution in [-0.4, -0.2) is 11.3 Å². The van der Waals surface area contributed by atoms with Crippen LogP contribution in [0.3, 0.4) is 0 Å². The van der Waals surface area contributed by atoms with Crippen molar-refractivity contribution in [3.63, 3.8) is 0 Å². The van der Waals surface area contributed by atoms with E-state index in [1.807, 2.05) is 0 Å². The van der Waals surface area contributed by atoms with Crippen LogP contribution in [-0.2, 0) is 11.8 Å². The molecule has 0 radical (unpaired) electrons. The molecule has 0 saturated heterocycles. The normalized spacial score (nSPS) is 15.0. The fraction of sp³-hybridized carbons (Fsp3) is 0.0769. The van der Waals surface area contributed by atoms with Crippen molar-refractivity contribution < 1.29 is 0 Å². The van der Waals surface area contributed by atoms with Crippen molar-refractivity contribution in [1.29, 1.82) is 0 Å². The van der Waals surface area contributed by atoms with Crippen LogP contribution in [0.4, 0.5) is 0 Å². The molecular formula is C39H26BN. The summed E-state index contributed by atoms with van der Waals surface area (Å²) in [6, 6.07) is 48.1. The van der Waals surface area contributed by atoms with Gasteiger partial charge < -0.3 is 4.57 Å². The molecule has 0 atom stereocenters. The molecule has 3 aliphatic heterocycles. The van der Waals surface area contributed by atoms with Crippen molar-refractivity contribution in [1.82, 2.24) is 4.57 Å². The fourth-order valence-corrected chi connectivity index (χ4v) is 8.88. The predicted octanol–water partition coefficient (Wildman–Crippen LogP) is 6.52. The van der Waals surface area contributed by atoms with Gasteiger partial charge in [-0.15, -0.1) is 0 Å². The first-order valence-electron chi connectivity index (χ1n) is 14.7. The summed E-state index contributed by atoms with van der Waals surface area (Å²) in [5, 5.41) is 2.73. The van der Waals surface area contributed by atoms with E-state index in [0.717, 1.165) is 6.42 Å². The molecule has 0 fully saturated rings. The third-order valence-corrected chi connectivity index (χ3v) is 10.3. The molecule has 10 rings (SSSR count). The lowest BCUT2D eigenvalue weighted by molar-refractivity contribution is 0.748. The van der Waals surface area contributed by atoms with Gasteiger partial charge in [0, 0.05) is 22.0 Å². The highest BCUT2D eigenvalue weighted by Gasteiger charge is 2.53. The minimum Gasteiger partial charge on any atom is -0.310 e. The fourth-order valence-electron chi connectivity index (χ4n) is 8.88. The Kier molecular flexibility index (Phi) is 4.00. The zero-order valence-electron chi connectivity index (χ0n) is 22.9. The van der Waals surface area contributed by atoms with Crippen LogP contribution >= 0.6 is 0 Å². The highest BCUT2D eigenvalue weighted by atomic mass is 15.0. The lowest BCUT2D eigenvalue weighted by Gasteiger charge is -2.48. The SMILES string of the molecule is Cc1cc2c3ccccc3n3c2c2c1Cc1cccc4c1B2c1c-3cccc1C4(c1ccccc1)c1ccccc1. The highest BCUT2D eigenvalue weighted by molar-refractivity contribution is 7.00. The first-order valence-corrected chi connectivity index (χ1v) is 14.7. The highest BCUT2D eigenvalue weighted by Crippen LogP contribution is 2.49. The van der Waals surface area contributed by atoms with E-state index in [1.165, 1.54) is 82.8 Å². The monoisotopic (exact) mass is 519 g/mol. The molecule has 0 amide bonds. The summed E-state index contributed by atoms with van der Waals surface area (Å²) >= 11 is 0. The Morgan fingerprint density at radius 3 is 2.02 bits per heavy atom. The van der Waals surface area contributed by atoms with E-state index in [1.54, 1.807) is 0 Å². The van der Waals surface area contributed by atoms with Gasteiger partial charge in [0.05, 0.1) is 10.9 Å². The second-order valence-electron chi connectivity index (χ2n) is 12.0. The molecular weight excluding hydrogens is 493 g/mol. The minimum absolute atomic E-state index is 0.232. The molecule has 0 unspecified atom stereocenters. The second-order valence-corrected chi connectivity index (χ2v) is 12.0. The first kappa shape index (κ1) is 21.9. The van der Waals surface area contributed by atoms with Gasteiger partial charge in [0.2, 0.25) is 6.71 Å². The van der Waals surface area contributed by atoms with Gasteiger partial charge in [0.1, 0.15) is 0 Å². The van der Waals surface area contributed by atoms with Crippen LogP contribution in [0.25, 0.3) is 27.5 Å². The average Bonchev–Trinajstić information content (AvgIpc) is 3.36. The molecule has 1 aromatic heterocycles. The van der Waals surface area contributed by atoms with E-state index >= 15 is 0 Å². The molecule has 4 heterocycles. The summed E-state index contributed by atoms with van der Waals surface area (Å²) in [5.74, 6) is 0. The Balaban J connectivity index is 1.49. The topological polar surface area (TPSA) is 4.93 Å². The van der Waals surface area contributed by atoms with Gasteiger partial charge in [-0.1, -0.05) is 115 Å². The van der Waals surface area contributed by atoms with E-state index in [9.17, 15) is 0 Å². The summed E-state index contributed by atoms with van der Waals surface area (Å²) in [6.45, 7) is 2.56. The number of aromatic nitrogens is 1. The predicted molar refractivity (Wildman–Crippen MR) is 171 cm³/mol. The quantitative estimate of drug-likeness (QED) is 0.229. The maximum Gasteiger partial charge on any atom is 0.248 e. The summed E-state index contributed by atoms with van der Waals surface area (Å²) in [4.78, 5) is 0. The third-order valence-electron chi connectivity index (χ3n) is 10.3. The maximum absolute atomic E-state index is 2.60. The summed E-state index contributed by atoms with van der Waals surface area (Å²) in [6.07, 6.45) is 0.982. The Morgan fingerprint density at radius 1 is 0.610 bits per heavy atom. The van der Waals surface area contributed by atoms with Crippen LogP contribution in [0.2, 0.25) is 0 Å². The molecule has 1 nitrogen and oxygen atoms in total. The molecule has 190 valence electrons. The maximum atomic E-state index is 2.60. The van der Waals surface area contributed by atoms with Crippen LogP contribution < -0.4 is 16.4 Å². The van der Waals surface area contributed by atoms with Gasteiger partial charge in [-0.3, -0.25) is 0 Å². The van der Waals surface area contributed by atoms with Crippen molar-refractivity contribution >= 4 is 44.9 Å². The van der Waals surface area contributed by atoms with Gasteiger partial charge in [-0.05, 0) is 81.4 Å². The Morgan fingerprint density at radius 2 is 1.27 bits per heavy atom. The lowest BCUT2D eigenvalue weighted by atomic mass is 9.27. The summed E-state index contributed by atoms with van der Waals surface area (Å²) < 4.78 is 2.60. The number of benzene rings is 6. The van der Waals surface area contributed by atoms with Crippen molar-refractivity contribution in [3.05, 3.63) is 166 Å². The molecule has 41 heavy (non-hydrogen) atoms. The van der Waals surface area contributed by atoms with Crippen LogP contribution in [0.5, 0.6) is 0 Å². The van der Waals surface area contributed by atoms with Crippen molar-refractivity contribution in [3.8, 4) is 5.69 Å². The molecule has 3 aliphatic rings. The van der Waals surface area contributed by atoms with Crippen LogP contribution in [0.1, 0.15) is 38.9 Å². The summed E-state index contributed by atoms with van der Waals surface area (Å²) in [7, 11) is 0. The van der Waals surface area contributed by atoms with E-state index < -0.39 is 5.41 Å². The number of fused-ring (bicyclic) bond motifs is 4. The Labute approximate surface area is 239 Å². The largest absolute Gasteiger partial charge is 0.310 e. The molecule has 6 aromatic carbocycles. The van der Waals surface area contributed by atoms with Crippen molar-refractivity contribution in [2.75, 3.05) is 0 Å². The average molecular weight is 519 g/mol. The number of hydrogen-bond acceptors (Lipinski definition) is 0. The van der Waals surface area contributed by atoms with E-state index in [0.29, 0.717) is 0 Å². The molecule has 0 bridgehead atoms. The Bertz CT molecular complexity index is 2200. The molecule has 0 saturated carbocycles. The van der Waals surface area contributed by atoms with Gasteiger partial charge in [-0.25, -0.2) is 0 Å². The number of nitrogens with zero attached hydrogens (tertiary/aromatic N) is 1. The van der Waals surface area contributed by atoms with E-state index in [-0.39, 0.29) is 6.71 Å². The molecule has 0 aliphatic carbocycles. The zero-order valence-corrected chi connectivity index (χ0v) is 22.9. The number of rotatable bonds is 2. The minimum atomic E-state index is -0.406. The smallest absolute Gasteiger partial charge is 0.248 e. The first-order chi connectivity index (χ1) is 20.3. The number of aryl methyl sites for hydroxylation is 1. The van der Waals surface area contributed by atoms with Gasteiger partial charge in [-0.2, -0.15) is 0 Å². The second kappa shape index (κ2) is 7.47. The zero-order chi connectivity index (χ0) is 26.9. The van der Waals surface area contributed by atoms with Gasteiger partial charge >= 0.3 is 0 Å². The van der Waals surface area contributed by atoms with Crippen LogP contribution in [0, 0.1) is 6.92 Å². The molecule has 0 N–H and O–H groups in total. The van der Waals surface area contributed by atoms with Crippen molar-refractivity contribution in [2.45, 2.75) is 18.8 Å². The standard InChI is InChI=1S/C39H26BN/c1-24-22-30-28-17-8-9-20-33(28)41-34-21-11-19-32-37(34)40-35-25(23-29(24)36(40)38(30)41)12-10-18-31(35)39(32,26-13-4-2-5-14-26)27-15-6-3-7-16-27/h2-22H,23H2,1H3. The molecule has 0 spiro atoms. The molecule has 2 heteroatoms. The number of hydrogen-bond donors (Lipinski definition) is 0. The molecule has 7 aromatic rings. The van der Waals surface area contributed by atoms with Crippen molar-refractivity contribution in [2.24, 2.45) is 0 Å². The van der Waals surface area contributed by atoms with E-state index in [4.69, 9.17) is 0 Å². The third kappa shape index (κ3) is 2.43. The Hall–Kier alpha value is -4.82. The van der Waals surface area contributed by atoms with Gasteiger partial charge in [0.15, 0.2) is 0 Å². The summed E-state index contributed by atoms with van der Waals surface area (Å²) in [5.41, 5.74) is 18.1. The van der Waals surface area contributed by atoms with E-state index in [2.05, 4.69) is 139 Å². The van der Waals surface area contributed by atoms with Gasteiger partial charge in [0.25, 0.3) is 0 Å². The number of para-hydroxylation sites is 1.